The number of halogens is 5. The standard InChI is InChI=1S/C26H21F3N4O2.C8Cl2N2O2/c27-26(28,29)19-7-9-20(10-8-19)32-12-14-33(15-13-32)24-23(17-4-2-1-3-5-17)30-21-11-6-18(25(34)35)16-22(21)31-24;9-5-6(10)8(14)4(2-12)3(1-11)7(5)13/h1-11,16H,12-15H2,(H,34,35);. The molecule has 2 aliphatic rings. The molecule has 0 saturated carbocycles. The first-order valence-electron chi connectivity index (χ1n) is 14.3. The fourth-order valence-electron chi connectivity index (χ4n) is 5.09. The van der Waals surface area contributed by atoms with E-state index in [0.717, 1.165) is 23.4 Å². The number of piperazine rings is 1. The van der Waals surface area contributed by atoms with E-state index in [-0.39, 0.29) is 5.56 Å². The van der Waals surface area contributed by atoms with Crippen molar-refractivity contribution < 1.29 is 32.7 Å². The molecule has 0 radical (unpaired) electrons. The molecule has 0 unspecified atom stereocenters. The second kappa shape index (κ2) is 14.2. The van der Waals surface area contributed by atoms with Gasteiger partial charge in [0.05, 0.1) is 22.2 Å². The van der Waals surface area contributed by atoms with Crippen LogP contribution >= 0.6 is 23.2 Å². The van der Waals surface area contributed by atoms with Crippen LogP contribution in [0.1, 0.15) is 15.9 Å². The fourth-order valence-corrected chi connectivity index (χ4v) is 5.45. The minimum atomic E-state index is -4.36. The van der Waals surface area contributed by atoms with Crippen molar-refractivity contribution in [1.29, 1.82) is 10.5 Å². The van der Waals surface area contributed by atoms with Gasteiger partial charge in [-0.05, 0) is 42.5 Å². The van der Waals surface area contributed by atoms with Gasteiger partial charge in [-0.2, -0.15) is 23.7 Å². The predicted octanol–water partition coefficient (Wildman–Crippen LogP) is 6.51. The number of rotatable bonds is 4. The lowest BCUT2D eigenvalue weighted by Gasteiger charge is -2.37. The highest BCUT2D eigenvalue weighted by molar-refractivity contribution is 6.59. The summed E-state index contributed by atoms with van der Waals surface area (Å²) in [6.45, 7) is 2.35. The number of hydrogen-bond donors (Lipinski definition) is 1. The highest BCUT2D eigenvalue weighted by Crippen LogP contribution is 2.33. The van der Waals surface area contributed by atoms with Gasteiger partial charge in [0.2, 0.25) is 11.6 Å². The molecule has 1 fully saturated rings. The van der Waals surface area contributed by atoms with Crippen LogP contribution in [0.4, 0.5) is 24.7 Å². The van der Waals surface area contributed by atoms with Crippen LogP contribution in [0.25, 0.3) is 22.3 Å². The molecule has 15 heteroatoms. The Balaban J connectivity index is 0.000000281. The molecule has 10 nitrogen and oxygen atoms in total. The summed E-state index contributed by atoms with van der Waals surface area (Å²) in [6, 6.07) is 22.4. The number of hydrogen-bond acceptors (Lipinski definition) is 9. The molecule has 1 N–H and O–H groups in total. The molecule has 0 spiro atoms. The molecule has 6 rings (SSSR count). The lowest BCUT2D eigenvalue weighted by atomic mass is 9.96. The zero-order chi connectivity index (χ0) is 35.5. The van der Waals surface area contributed by atoms with Crippen LogP contribution in [0.3, 0.4) is 0 Å². The summed E-state index contributed by atoms with van der Waals surface area (Å²) in [5, 5.41) is 25.4. The molecular weight excluding hydrogens is 684 g/mol. The number of allylic oxidation sites excluding steroid dienone is 4. The number of carboxylic acid groups (broad SMARTS) is 1. The molecule has 0 amide bonds. The number of carboxylic acids is 1. The smallest absolute Gasteiger partial charge is 0.416 e. The highest BCUT2D eigenvalue weighted by atomic mass is 35.5. The van der Waals surface area contributed by atoms with E-state index in [1.165, 1.54) is 36.4 Å². The maximum atomic E-state index is 12.9. The number of nitriles is 2. The first-order valence-corrected chi connectivity index (χ1v) is 15.1. The van der Waals surface area contributed by atoms with Crippen molar-refractivity contribution in [3.63, 3.8) is 0 Å². The summed E-state index contributed by atoms with van der Waals surface area (Å²) in [5.41, 5.74) is 1.76. The van der Waals surface area contributed by atoms with E-state index in [9.17, 15) is 32.7 Å². The summed E-state index contributed by atoms with van der Waals surface area (Å²) in [7, 11) is 0. The van der Waals surface area contributed by atoms with Crippen LogP contribution < -0.4 is 9.80 Å². The highest BCUT2D eigenvalue weighted by Gasteiger charge is 2.33. The SMILES string of the molecule is N#CC1=C(C#N)C(=O)C(Cl)=C(Cl)C1=O.O=C(O)c1ccc2nc(-c3ccccc3)c(N3CCN(c4ccc(C(F)(F)F)cc4)CC3)nc2c1. The summed E-state index contributed by atoms with van der Waals surface area (Å²) >= 11 is 10.8. The van der Waals surface area contributed by atoms with E-state index in [2.05, 4.69) is 4.90 Å². The van der Waals surface area contributed by atoms with Gasteiger partial charge in [0, 0.05) is 37.4 Å². The van der Waals surface area contributed by atoms with E-state index in [0.29, 0.717) is 48.7 Å². The third kappa shape index (κ3) is 7.23. The van der Waals surface area contributed by atoms with Crippen molar-refractivity contribution in [2.75, 3.05) is 36.0 Å². The van der Waals surface area contributed by atoms with Crippen molar-refractivity contribution in [2.45, 2.75) is 6.18 Å². The Labute approximate surface area is 286 Å². The maximum absolute atomic E-state index is 12.9. The predicted molar refractivity (Wildman–Crippen MR) is 175 cm³/mol. The number of alkyl halides is 3. The molecule has 246 valence electrons. The van der Waals surface area contributed by atoms with E-state index in [1.807, 2.05) is 35.2 Å². The van der Waals surface area contributed by atoms with Crippen molar-refractivity contribution in [3.05, 3.63) is 105 Å². The lowest BCUT2D eigenvalue weighted by Crippen LogP contribution is -2.47. The number of carbonyl (C=O) groups excluding carboxylic acids is 2. The first-order chi connectivity index (χ1) is 23.3. The Morgan fingerprint density at radius 1 is 0.776 bits per heavy atom. The van der Waals surface area contributed by atoms with Gasteiger partial charge in [0.25, 0.3) is 0 Å². The van der Waals surface area contributed by atoms with Crippen molar-refractivity contribution >= 4 is 63.3 Å². The van der Waals surface area contributed by atoms with Crippen LogP contribution in [0.5, 0.6) is 0 Å². The monoisotopic (exact) mass is 704 g/mol. The molecule has 4 aromatic rings. The van der Waals surface area contributed by atoms with Crippen LogP contribution in [-0.2, 0) is 15.8 Å². The second-order valence-electron chi connectivity index (χ2n) is 10.5. The Hall–Kier alpha value is -5.76. The molecule has 2 heterocycles. The van der Waals surface area contributed by atoms with E-state index in [4.69, 9.17) is 43.7 Å². The molecule has 1 saturated heterocycles. The number of ketones is 2. The molecule has 0 atom stereocenters. The summed E-state index contributed by atoms with van der Waals surface area (Å²) < 4.78 is 38.7. The Bertz CT molecular complexity index is 2090. The average Bonchev–Trinajstić information content (AvgIpc) is 3.11. The Morgan fingerprint density at radius 2 is 1.33 bits per heavy atom. The van der Waals surface area contributed by atoms with Gasteiger partial charge in [0.1, 0.15) is 39.0 Å². The van der Waals surface area contributed by atoms with Gasteiger partial charge < -0.3 is 14.9 Å². The van der Waals surface area contributed by atoms with Crippen LogP contribution in [-0.4, -0.2) is 58.8 Å². The zero-order valence-electron chi connectivity index (χ0n) is 25.0. The third-order valence-electron chi connectivity index (χ3n) is 7.60. The quantitative estimate of drug-likeness (QED) is 0.233. The molecule has 49 heavy (non-hydrogen) atoms. The van der Waals surface area contributed by atoms with Crippen LogP contribution in [0.2, 0.25) is 0 Å². The first kappa shape index (κ1) is 34.6. The number of anilines is 2. The summed E-state index contributed by atoms with van der Waals surface area (Å²) in [6.07, 6.45) is -4.36. The number of Topliss-reactive ketones (excluding diaryl/α,β-unsaturated/α-hetero) is 2. The van der Waals surface area contributed by atoms with E-state index in [1.54, 1.807) is 6.07 Å². The second-order valence-corrected chi connectivity index (χ2v) is 11.3. The number of aromatic nitrogens is 2. The average molecular weight is 705 g/mol. The number of nitrogens with zero attached hydrogens (tertiary/aromatic N) is 6. The molecule has 1 aromatic heterocycles. The van der Waals surface area contributed by atoms with Gasteiger partial charge in [-0.15, -0.1) is 0 Å². The minimum absolute atomic E-state index is 0.136. The number of fused-ring (bicyclic) bond motifs is 1. The van der Waals surface area contributed by atoms with E-state index < -0.39 is 50.5 Å². The number of aromatic carboxylic acids is 1. The molecule has 1 aliphatic carbocycles. The lowest BCUT2D eigenvalue weighted by molar-refractivity contribution is -0.137. The molecular formula is C34H21Cl2F3N6O4. The minimum Gasteiger partial charge on any atom is -0.478 e. The summed E-state index contributed by atoms with van der Waals surface area (Å²) in [4.78, 5) is 47.6. The largest absolute Gasteiger partial charge is 0.478 e. The zero-order valence-corrected chi connectivity index (χ0v) is 26.5. The molecule has 0 bridgehead atoms. The van der Waals surface area contributed by atoms with Gasteiger partial charge in [0.15, 0.2) is 5.82 Å². The van der Waals surface area contributed by atoms with Gasteiger partial charge >= 0.3 is 12.1 Å². The Kier molecular flexibility index (Phi) is 9.99. The molecule has 3 aromatic carbocycles. The van der Waals surface area contributed by atoms with Crippen LogP contribution in [0, 0.1) is 22.7 Å². The van der Waals surface area contributed by atoms with E-state index >= 15 is 0 Å². The van der Waals surface area contributed by atoms with Crippen LogP contribution in [0.15, 0.2) is 94.0 Å². The Morgan fingerprint density at radius 3 is 1.84 bits per heavy atom. The third-order valence-corrected chi connectivity index (χ3v) is 8.42. The number of benzene rings is 3. The van der Waals surface area contributed by atoms with Crippen molar-refractivity contribution in [2.24, 2.45) is 0 Å². The van der Waals surface area contributed by atoms with Crippen molar-refractivity contribution in [3.8, 4) is 23.4 Å². The van der Waals surface area contributed by atoms with Gasteiger partial charge in [-0.1, -0.05) is 53.5 Å². The summed E-state index contributed by atoms with van der Waals surface area (Å²) in [5.74, 6) is -2.17. The van der Waals surface area contributed by atoms with Gasteiger partial charge in [-0.3, -0.25) is 9.59 Å². The van der Waals surface area contributed by atoms with Gasteiger partial charge in [-0.25, -0.2) is 14.8 Å². The van der Waals surface area contributed by atoms with Crippen molar-refractivity contribution in [1.82, 2.24) is 9.97 Å². The normalized spacial score (nSPS) is 15.1. The topological polar surface area (TPSA) is 151 Å². The molecule has 1 aliphatic heterocycles. The number of carbonyl (C=O) groups is 3. The fraction of sp³-hybridized carbons (Fsp3) is 0.147. The maximum Gasteiger partial charge on any atom is 0.416 e.